The van der Waals surface area contributed by atoms with Gasteiger partial charge in [-0.1, -0.05) is 34.6 Å². The number of hydrogen-bond acceptors (Lipinski definition) is 10. The van der Waals surface area contributed by atoms with Gasteiger partial charge in [0.05, 0.1) is 17.8 Å². The number of hydrogen-bond donors (Lipinski definition) is 2. The average molecular weight is 661 g/mol. The Bertz CT molecular complexity index is 1290. The van der Waals surface area contributed by atoms with Crippen molar-refractivity contribution in [2.75, 3.05) is 6.61 Å². The van der Waals surface area contributed by atoms with Crippen LogP contribution in [0.5, 0.6) is 0 Å². The summed E-state index contributed by atoms with van der Waals surface area (Å²) in [5.74, 6) is 0.464. The number of ketones is 1. The summed E-state index contributed by atoms with van der Waals surface area (Å²) < 4.78 is 24.1. The predicted octanol–water partition coefficient (Wildman–Crippen LogP) is 4.20. The maximum atomic E-state index is 14.9. The first-order chi connectivity index (χ1) is 21.9. The van der Waals surface area contributed by atoms with Crippen LogP contribution in [-0.4, -0.2) is 83.6 Å². The molecule has 0 amide bonds. The van der Waals surface area contributed by atoms with Crippen LogP contribution in [0.25, 0.3) is 0 Å². The van der Waals surface area contributed by atoms with Crippen LogP contribution in [0.3, 0.4) is 0 Å². The molecule has 47 heavy (non-hydrogen) atoms. The molecule has 0 aromatic heterocycles. The number of carbonyl (C=O) groups is 4. The fraction of sp³-hybridized carbons (Fsp3) is 0.892. The molecule has 0 unspecified atom stereocenters. The third-order valence-corrected chi connectivity index (χ3v) is 14.9. The Morgan fingerprint density at radius 3 is 2.34 bits per heavy atom. The standard InChI is InChI=1S/C37H56O10/c1-20-17-23(30(33(5,6)43)45-21(2)40)46-28-27(20)34(7)13-14-37-19-36(37)12-11-26(47-31(22(41)18-39)44-16-15-38)32(3,4)24(36)9-10-25(37)35(34,8)29(28)42/h15,18,20,22-28,30-31,41,43H,9-14,16-17,19H2,1-8H3/t20-,22-,23-,24+,25+,26+,27+,28+,30+,31+,34-,35-,36-,37+/m1/s1. The van der Waals surface area contributed by atoms with E-state index < -0.39 is 47.7 Å². The highest BCUT2D eigenvalue weighted by Gasteiger charge is 2.85. The fourth-order valence-electron chi connectivity index (χ4n) is 12.9. The fourth-order valence-corrected chi connectivity index (χ4v) is 12.9. The Morgan fingerprint density at radius 2 is 1.72 bits per heavy atom. The van der Waals surface area contributed by atoms with Gasteiger partial charge in [0, 0.05) is 18.3 Å². The molecule has 14 atom stereocenters. The summed E-state index contributed by atoms with van der Waals surface area (Å²) in [4.78, 5) is 49.4. The van der Waals surface area contributed by atoms with E-state index in [1.165, 1.54) is 6.92 Å². The molecule has 6 fully saturated rings. The van der Waals surface area contributed by atoms with Gasteiger partial charge in [0.2, 0.25) is 0 Å². The summed E-state index contributed by atoms with van der Waals surface area (Å²) in [5.41, 5.74) is -2.25. The second kappa shape index (κ2) is 11.4. The molecule has 10 nitrogen and oxygen atoms in total. The summed E-state index contributed by atoms with van der Waals surface area (Å²) in [6.45, 7) is 15.5. The van der Waals surface area contributed by atoms with Gasteiger partial charge in [-0.05, 0) is 105 Å². The summed E-state index contributed by atoms with van der Waals surface area (Å²) >= 11 is 0. The van der Waals surface area contributed by atoms with Crippen LogP contribution in [0.15, 0.2) is 0 Å². The van der Waals surface area contributed by atoms with Crippen molar-refractivity contribution in [2.24, 2.45) is 50.7 Å². The lowest BCUT2D eigenvalue weighted by Crippen LogP contribution is -2.59. The van der Waals surface area contributed by atoms with Crippen molar-refractivity contribution in [3.63, 3.8) is 0 Å². The maximum absolute atomic E-state index is 14.9. The number of fused-ring (bicyclic) bond motifs is 4. The van der Waals surface area contributed by atoms with Gasteiger partial charge in [-0.15, -0.1) is 0 Å². The molecule has 0 aromatic carbocycles. The maximum Gasteiger partial charge on any atom is 0.303 e. The number of Topliss-reactive ketones (excluding diaryl/α,β-unsaturated/α-hetero) is 1. The zero-order valence-corrected chi connectivity index (χ0v) is 29.5. The molecule has 10 heteroatoms. The molecule has 1 saturated heterocycles. The minimum atomic E-state index is -1.48. The Kier molecular flexibility index (Phi) is 8.52. The summed E-state index contributed by atoms with van der Waals surface area (Å²) in [6.07, 6.45) is 3.28. The van der Waals surface area contributed by atoms with Gasteiger partial charge in [0.25, 0.3) is 0 Å². The summed E-state index contributed by atoms with van der Waals surface area (Å²) in [6, 6.07) is 0. The smallest absolute Gasteiger partial charge is 0.303 e. The lowest BCUT2D eigenvalue weighted by molar-refractivity contribution is -0.249. The van der Waals surface area contributed by atoms with Gasteiger partial charge in [-0.2, -0.15) is 0 Å². The molecule has 5 aliphatic carbocycles. The minimum Gasteiger partial charge on any atom is -0.457 e. The minimum absolute atomic E-state index is 0.0499. The van der Waals surface area contributed by atoms with E-state index in [2.05, 4.69) is 34.6 Å². The van der Waals surface area contributed by atoms with Gasteiger partial charge in [-0.3, -0.25) is 9.59 Å². The highest BCUT2D eigenvalue weighted by Crippen LogP contribution is 2.89. The van der Waals surface area contributed by atoms with Gasteiger partial charge in [-0.25, -0.2) is 0 Å². The lowest BCUT2D eigenvalue weighted by Gasteiger charge is -2.62. The SMILES string of the molecule is CC(=O)O[C@@H]([C@H]1C[C@@H](C)[C@H]2[C@H](O1)C(=O)[C@@]1(C)[C@@H]3CC[C@H]4C(C)(C)[C@@H](O[C@H](OCC=O)[C@H](O)C=O)CC[C@@]45C[C@@]35CC[C@]21C)C(C)(C)O. The molecule has 0 radical (unpaired) electrons. The van der Waals surface area contributed by atoms with Crippen LogP contribution < -0.4 is 0 Å². The molecular weight excluding hydrogens is 604 g/mol. The van der Waals surface area contributed by atoms with E-state index in [1.54, 1.807) is 13.8 Å². The first-order valence-corrected chi connectivity index (χ1v) is 17.8. The Morgan fingerprint density at radius 1 is 1.06 bits per heavy atom. The second-order valence-electron chi connectivity index (χ2n) is 17.7. The number of aldehydes is 2. The van der Waals surface area contributed by atoms with Gasteiger partial charge >= 0.3 is 5.97 Å². The van der Waals surface area contributed by atoms with Crippen molar-refractivity contribution in [1.29, 1.82) is 0 Å². The average Bonchev–Trinajstić information content (AvgIpc) is 3.62. The van der Waals surface area contributed by atoms with Gasteiger partial charge in [0.15, 0.2) is 30.6 Å². The van der Waals surface area contributed by atoms with E-state index in [4.69, 9.17) is 18.9 Å². The van der Waals surface area contributed by atoms with Crippen molar-refractivity contribution in [3.8, 4) is 0 Å². The van der Waals surface area contributed by atoms with E-state index in [0.717, 1.165) is 44.9 Å². The molecule has 1 aliphatic heterocycles. The zero-order valence-electron chi connectivity index (χ0n) is 29.5. The Labute approximate surface area is 279 Å². The molecule has 6 rings (SSSR count). The van der Waals surface area contributed by atoms with E-state index >= 15 is 0 Å². The van der Waals surface area contributed by atoms with Crippen molar-refractivity contribution in [1.82, 2.24) is 0 Å². The monoisotopic (exact) mass is 660 g/mol. The number of esters is 1. The van der Waals surface area contributed by atoms with E-state index in [9.17, 15) is 29.4 Å². The molecule has 2 spiro atoms. The first-order valence-electron chi connectivity index (χ1n) is 17.8. The molecular formula is C37H56O10. The van der Waals surface area contributed by atoms with Crippen molar-refractivity contribution < 1.29 is 48.3 Å². The van der Waals surface area contributed by atoms with Gasteiger partial charge < -0.3 is 38.7 Å². The third kappa shape index (κ3) is 4.81. The van der Waals surface area contributed by atoms with Crippen molar-refractivity contribution in [2.45, 2.75) is 149 Å². The summed E-state index contributed by atoms with van der Waals surface area (Å²) in [5, 5.41) is 21.2. The van der Waals surface area contributed by atoms with E-state index in [0.29, 0.717) is 24.9 Å². The second-order valence-corrected chi connectivity index (χ2v) is 17.7. The molecule has 264 valence electrons. The normalized spacial score (nSPS) is 46.8. The zero-order chi connectivity index (χ0) is 34.5. The van der Waals surface area contributed by atoms with Crippen molar-refractivity contribution >= 4 is 24.3 Å². The number of carbonyl (C=O) groups excluding carboxylic acids is 4. The molecule has 6 aliphatic rings. The van der Waals surface area contributed by atoms with Crippen molar-refractivity contribution in [3.05, 3.63) is 0 Å². The number of aliphatic hydroxyl groups is 2. The largest absolute Gasteiger partial charge is 0.457 e. The summed E-state index contributed by atoms with van der Waals surface area (Å²) in [7, 11) is 0. The lowest BCUT2D eigenvalue weighted by atomic mass is 9.41. The number of rotatable bonds is 10. The van der Waals surface area contributed by atoms with Crippen LogP contribution in [0.2, 0.25) is 0 Å². The molecule has 2 N–H and O–H groups in total. The predicted molar refractivity (Wildman–Crippen MR) is 170 cm³/mol. The number of aliphatic hydroxyl groups excluding tert-OH is 1. The third-order valence-electron chi connectivity index (χ3n) is 14.9. The molecule has 1 heterocycles. The highest BCUT2D eigenvalue weighted by molar-refractivity contribution is 5.93. The van der Waals surface area contributed by atoms with Crippen LogP contribution in [0.4, 0.5) is 0 Å². The Balaban J connectivity index is 1.27. The van der Waals surface area contributed by atoms with Gasteiger partial charge in [0.1, 0.15) is 19.0 Å². The number of ether oxygens (including phenoxy) is 4. The highest BCUT2D eigenvalue weighted by atomic mass is 16.7. The van der Waals surface area contributed by atoms with Crippen LogP contribution in [-0.2, 0) is 38.1 Å². The van der Waals surface area contributed by atoms with E-state index in [1.807, 2.05) is 0 Å². The van der Waals surface area contributed by atoms with E-state index in [-0.39, 0.29) is 57.9 Å². The molecule has 0 aromatic rings. The molecule has 5 saturated carbocycles. The molecule has 0 bridgehead atoms. The van der Waals surface area contributed by atoms with Crippen LogP contribution in [0.1, 0.15) is 107 Å². The van der Waals surface area contributed by atoms with Crippen LogP contribution in [0, 0.1) is 50.7 Å². The first kappa shape index (κ1) is 35.1. The quantitative estimate of drug-likeness (QED) is 0.199. The van der Waals surface area contributed by atoms with Crippen LogP contribution >= 0.6 is 0 Å². The topological polar surface area (TPSA) is 146 Å². The Hall–Kier alpha value is -1.72.